The molecule has 0 saturated carbocycles. The van der Waals surface area contributed by atoms with E-state index in [1.807, 2.05) is 6.92 Å². The summed E-state index contributed by atoms with van der Waals surface area (Å²) in [4.78, 5) is 32.9. The number of aromatic nitrogens is 1. The van der Waals surface area contributed by atoms with Crippen LogP contribution in [0.2, 0.25) is 0 Å². The zero-order valence-electron chi connectivity index (χ0n) is 13.6. The highest BCUT2D eigenvalue weighted by atomic mass is 32.1. The zero-order valence-corrected chi connectivity index (χ0v) is 14.4. The Bertz CT molecular complexity index is 790. The van der Waals surface area contributed by atoms with Crippen LogP contribution in [0.15, 0.2) is 24.3 Å². The van der Waals surface area contributed by atoms with Crippen LogP contribution in [0, 0.1) is 19.7 Å². The van der Waals surface area contributed by atoms with Gasteiger partial charge in [-0.05, 0) is 19.9 Å². The number of rotatable bonds is 3. The molecule has 0 atom stereocenters. The molecular formula is C17H18FN3O2S. The van der Waals surface area contributed by atoms with Crippen molar-refractivity contribution in [3.05, 3.63) is 51.2 Å². The number of hydrogen-bond acceptors (Lipinski definition) is 4. The van der Waals surface area contributed by atoms with Crippen LogP contribution in [0.1, 0.15) is 25.9 Å². The number of carbonyl (C=O) groups is 2. The van der Waals surface area contributed by atoms with Gasteiger partial charge in [-0.1, -0.05) is 18.2 Å². The number of benzene rings is 1. The Kier molecular flexibility index (Phi) is 4.62. The predicted molar refractivity (Wildman–Crippen MR) is 89.3 cm³/mol. The van der Waals surface area contributed by atoms with Crippen molar-refractivity contribution in [3.63, 3.8) is 0 Å². The molecule has 3 rings (SSSR count). The van der Waals surface area contributed by atoms with Crippen molar-refractivity contribution in [2.24, 2.45) is 0 Å². The highest BCUT2D eigenvalue weighted by Gasteiger charge is 2.29. The summed E-state index contributed by atoms with van der Waals surface area (Å²) in [5.74, 6) is -0.645. The fraction of sp³-hybridized carbons (Fsp3) is 0.353. The van der Waals surface area contributed by atoms with Crippen molar-refractivity contribution in [1.82, 2.24) is 14.8 Å². The third-order valence-corrected chi connectivity index (χ3v) is 5.08. The molecule has 0 unspecified atom stereocenters. The van der Waals surface area contributed by atoms with E-state index in [9.17, 15) is 14.0 Å². The molecule has 0 aliphatic carbocycles. The van der Waals surface area contributed by atoms with Crippen molar-refractivity contribution >= 4 is 23.2 Å². The maximum Gasteiger partial charge on any atom is 0.266 e. The number of thiazole rings is 1. The fourth-order valence-corrected chi connectivity index (χ4v) is 3.64. The Morgan fingerprint density at radius 2 is 2.04 bits per heavy atom. The Morgan fingerprint density at radius 1 is 1.29 bits per heavy atom. The lowest BCUT2D eigenvalue weighted by molar-refractivity contribution is -0.135. The van der Waals surface area contributed by atoms with Gasteiger partial charge in [-0.15, -0.1) is 11.3 Å². The molecule has 7 heteroatoms. The predicted octanol–water partition coefficient (Wildman–Crippen LogP) is 2.38. The monoisotopic (exact) mass is 347 g/mol. The molecule has 0 spiro atoms. The molecule has 1 aliphatic heterocycles. The first kappa shape index (κ1) is 16.6. The number of hydrogen-bond donors (Lipinski definition) is 0. The van der Waals surface area contributed by atoms with Crippen molar-refractivity contribution in [1.29, 1.82) is 0 Å². The summed E-state index contributed by atoms with van der Waals surface area (Å²) in [7, 11) is 0. The summed E-state index contributed by atoms with van der Waals surface area (Å²) in [5, 5.41) is 0.834. The van der Waals surface area contributed by atoms with Crippen LogP contribution in [0.3, 0.4) is 0 Å². The smallest absolute Gasteiger partial charge is 0.266 e. The van der Waals surface area contributed by atoms with Crippen LogP contribution in [0.4, 0.5) is 4.39 Å². The topological polar surface area (TPSA) is 53.5 Å². The average molecular weight is 347 g/mol. The summed E-state index contributed by atoms with van der Waals surface area (Å²) in [6.07, 6.45) is 0. The van der Waals surface area contributed by atoms with Gasteiger partial charge in [0.1, 0.15) is 17.2 Å². The van der Waals surface area contributed by atoms with Crippen molar-refractivity contribution in [2.75, 3.05) is 19.6 Å². The van der Waals surface area contributed by atoms with E-state index in [2.05, 4.69) is 4.98 Å². The van der Waals surface area contributed by atoms with Crippen LogP contribution in [-0.4, -0.2) is 46.2 Å². The highest BCUT2D eigenvalue weighted by molar-refractivity contribution is 7.13. The van der Waals surface area contributed by atoms with Crippen molar-refractivity contribution in [2.45, 2.75) is 20.4 Å². The molecule has 1 fully saturated rings. The molecule has 0 radical (unpaired) electrons. The number of aryl methyl sites for hydroxylation is 2. The molecule has 0 bridgehead atoms. The second-order valence-electron chi connectivity index (χ2n) is 5.78. The summed E-state index contributed by atoms with van der Waals surface area (Å²) in [5.41, 5.74) is 1.18. The van der Waals surface area contributed by atoms with Crippen LogP contribution >= 0.6 is 11.3 Å². The van der Waals surface area contributed by atoms with Gasteiger partial charge >= 0.3 is 0 Å². The molecule has 24 heavy (non-hydrogen) atoms. The second-order valence-corrected chi connectivity index (χ2v) is 6.98. The minimum atomic E-state index is -0.320. The van der Waals surface area contributed by atoms with Gasteiger partial charge in [-0.2, -0.15) is 0 Å². The largest absolute Gasteiger partial charge is 0.335 e. The van der Waals surface area contributed by atoms with E-state index in [0.717, 1.165) is 5.01 Å². The Balaban J connectivity index is 1.67. The van der Waals surface area contributed by atoms with Gasteiger partial charge in [0.15, 0.2) is 0 Å². The lowest BCUT2D eigenvalue weighted by atomic mass is 10.1. The number of piperazine rings is 1. The van der Waals surface area contributed by atoms with Gasteiger partial charge in [-0.3, -0.25) is 9.59 Å². The SMILES string of the molecule is Cc1nc(C)c(C(=O)N2CCN(Cc3ccccc3F)C(=O)C2)s1. The summed E-state index contributed by atoms with van der Waals surface area (Å²) in [6.45, 7) is 4.74. The van der Waals surface area contributed by atoms with Crippen LogP contribution in [0.25, 0.3) is 0 Å². The van der Waals surface area contributed by atoms with Gasteiger partial charge in [0, 0.05) is 25.2 Å². The summed E-state index contributed by atoms with van der Waals surface area (Å²) < 4.78 is 13.7. The van der Waals surface area contributed by atoms with Crippen molar-refractivity contribution < 1.29 is 14.0 Å². The quantitative estimate of drug-likeness (QED) is 0.857. The Labute approximate surface area is 143 Å². The minimum absolute atomic E-state index is 0.0175. The van der Waals surface area contributed by atoms with Crippen LogP contribution in [-0.2, 0) is 11.3 Å². The molecule has 5 nitrogen and oxygen atoms in total. The third kappa shape index (κ3) is 3.31. The van der Waals surface area contributed by atoms with Crippen molar-refractivity contribution in [3.8, 4) is 0 Å². The average Bonchev–Trinajstić information content (AvgIpc) is 2.89. The number of halogens is 1. The first-order valence-electron chi connectivity index (χ1n) is 7.70. The standard InChI is InChI=1S/C17H18FN3O2S/c1-11-16(24-12(2)19-11)17(23)21-8-7-20(15(22)10-21)9-13-5-3-4-6-14(13)18/h3-6H,7-10H2,1-2H3. The van der Waals surface area contributed by atoms with Gasteiger partial charge < -0.3 is 9.80 Å². The molecule has 1 aromatic heterocycles. The molecule has 1 aromatic carbocycles. The first-order valence-corrected chi connectivity index (χ1v) is 8.52. The lowest BCUT2D eigenvalue weighted by Gasteiger charge is -2.34. The maximum absolute atomic E-state index is 13.7. The lowest BCUT2D eigenvalue weighted by Crippen LogP contribution is -2.51. The maximum atomic E-state index is 13.7. The van der Waals surface area contributed by atoms with E-state index in [1.165, 1.54) is 17.4 Å². The van der Waals surface area contributed by atoms with E-state index in [0.29, 0.717) is 29.2 Å². The summed E-state index contributed by atoms with van der Waals surface area (Å²) >= 11 is 1.35. The molecule has 126 valence electrons. The molecule has 2 heterocycles. The van der Waals surface area contributed by atoms with Gasteiger partial charge in [0.2, 0.25) is 5.91 Å². The van der Waals surface area contributed by atoms with E-state index in [4.69, 9.17) is 0 Å². The number of nitrogens with zero attached hydrogens (tertiary/aromatic N) is 3. The van der Waals surface area contributed by atoms with Gasteiger partial charge in [-0.25, -0.2) is 9.37 Å². The van der Waals surface area contributed by atoms with Gasteiger partial charge in [0.25, 0.3) is 5.91 Å². The molecule has 2 amide bonds. The fourth-order valence-electron chi connectivity index (χ4n) is 2.75. The van der Waals surface area contributed by atoms with Crippen LogP contribution in [0.5, 0.6) is 0 Å². The minimum Gasteiger partial charge on any atom is -0.335 e. The van der Waals surface area contributed by atoms with Gasteiger partial charge in [0.05, 0.1) is 10.7 Å². The number of amides is 2. The van der Waals surface area contributed by atoms with E-state index < -0.39 is 0 Å². The van der Waals surface area contributed by atoms with E-state index >= 15 is 0 Å². The second kappa shape index (κ2) is 6.68. The third-order valence-electron chi connectivity index (χ3n) is 4.02. The summed E-state index contributed by atoms with van der Waals surface area (Å²) in [6, 6.07) is 6.42. The molecule has 1 saturated heterocycles. The molecule has 0 N–H and O–H groups in total. The van der Waals surface area contributed by atoms with E-state index in [-0.39, 0.29) is 30.7 Å². The number of carbonyl (C=O) groups excluding carboxylic acids is 2. The van der Waals surface area contributed by atoms with Crippen LogP contribution < -0.4 is 0 Å². The highest BCUT2D eigenvalue weighted by Crippen LogP contribution is 2.21. The van der Waals surface area contributed by atoms with E-state index in [1.54, 1.807) is 34.9 Å². The first-order chi connectivity index (χ1) is 11.5. The zero-order chi connectivity index (χ0) is 17.3. The molecular weight excluding hydrogens is 329 g/mol. The Morgan fingerprint density at radius 3 is 2.67 bits per heavy atom. The normalized spacial score (nSPS) is 15.0. The molecule has 1 aliphatic rings. The molecule has 2 aromatic rings. The Hall–Kier alpha value is -2.28.